The van der Waals surface area contributed by atoms with Crippen LogP contribution in [0.15, 0.2) is 17.8 Å². The maximum absolute atomic E-state index is 11.6. The van der Waals surface area contributed by atoms with E-state index in [9.17, 15) is 9.59 Å². The van der Waals surface area contributed by atoms with Crippen LogP contribution in [0.25, 0.3) is 6.08 Å². The lowest BCUT2D eigenvalue weighted by molar-refractivity contribution is -0.222. The van der Waals surface area contributed by atoms with Gasteiger partial charge in [0.1, 0.15) is 5.57 Å². The van der Waals surface area contributed by atoms with Crippen LogP contribution >= 0.6 is 0 Å². The number of aromatic nitrogens is 2. The molecule has 0 aliphatic carbocycles. The lowest BCUT2D eigenvalue weighted by atomic mass is 10.2. The highest BCUT2D eigenvalue weighted by Gasteiger charge is 2.38. The van der Waals surface area contributed by atoms with E-state index in [1.165, 1.54) is 24.6 Å². The molecule has 1 aromatic heterocycles. The zero-order chi connectivity index (χ0) is 12.6. The van der Waals surface area contributed by atoms with Gasteiger partial charge >= 0.3 is 11.9 Å². The third-order valence-electron chi connectivity index (χ3n) is 2.27. The van der Waals surface area contributed by atoms with Crippen LogP contribution in [0, 0.1) is 0 Å². The molecular formula is C11H12N2O4. The minimum absolute atomic E-state index is 0.132. The fourth-order valence-electron chi connectivity index (χ4n) is 1.45. The molecule has 1 aliphatic rings. The predicted octanol–water partition coefficient (Wildman–Crippen LogP) is 0.640. The second-order valence-corrected chi connectivity index (χ2v) is 4.12. The Labute approximate surface area is 97.8 Å². The van der Waals surface area contributed by atoms with Gasteiger partial charge in [-0.15, -0.1) is 0 Å². The van der Waals surface area contributed by atoms with Crippen molar-refractivity contribution in [1.82, 2.24) is 9.78 Å². The van der Waals surface area contributed by atoms with E-state index in [0.717, 1.165) is 0 Å². The summed E-state index contributed by atoms with van der Waals surface area (Å²) in [6, 6.07) is 1.67. The summed E-state index contributed by atoms with van der Waals surface area (Å²) in [7, 11) is 1.70. The van der Waals surface area contributed by atoms with Gasteiger partial charge in [0, 0.05) is 27.1 Å². The molecule has 1 saturated heterocycles. The molecule has 0 bridgehead atoms. The molecule has 0 radical (unpaired) electrons. The molecule has 1 aromatic rings. The number of esters is 2. The van der Waals surface area contributed by atoms with E-state index in [1.54, 1.807) is 19.3 Å². The van der Waals surface area contributed by atoms with E-state index < -0.39 is 17.7 Å². The van der Waals surface area contributed by atoms with E-state index in [4.69, 9.17) is 9.47 Å². The van der Waals surface area contributed by atoms with Gasteiger partial charge in [-0.3, -0.25) is 4.68 Å². The highest BCUT2D eigenvalue weighted by atomic mass is 16.7. The van der Waals surface area contributed by atoms with Crippen molar-refractivity contribution in [2.45, 2.75) is 19.6 Å². The first kappa shape index (κ1) is 11.4. The van der Waals surface area contributed by atoms with E-state index in [0.29, 0.717) is 5.69 Å². The number of aryl methyl sites for hydroxylation is 1. The summed E-state index contributed by atoms with van der Waals surface area (Å²) in [6.07, 6.45) is 2.96. The number of cyclic esters (lactones) is 2. The minimum Gasteiger partial charge on any atom is -0.419 e. The fraction of sp³-hybridized carbons (Fsp3) is 0.364. The van der Waals surface area contributed by atoms with Gasteiger partial charge in [0.05, 0.1) is 5.69 Å². The summed E-state index contributed by atoms with van der Waals surface area (Å²) >= 11 is 0. The maximum Gasteiger partial charge on any atom is 0.348 e. The first-order chi connectivity index (χ1) is 7.89. The van der Waals surface area contributed by atoms with Gasteiger partial charge in [-0.1, -0.05) is 0 Å². The third-order valence-corrected chi connectivity index (χ3v) is 2.27. The lowest BCUT2D eigenvalue weighted by Gasteiger charge is -2.29. The molecule has 0 atom stereocenters. The molecule has 0 aromatic carbocycles. The molecule has 1 fully saturated rings. The molecule has 2 rings (SSSR count). The van der Waals surface area contributed by atoms with E-state index >= 15 is 0 Å². The molecule has 0 spiro atoms. The zero-order valence-electron chi connectivity index (χ0n) is 9.76. The van der Waals surface area contributed by atoms with Crippen LogP contribution in [0.5, 0.6) is 0 Å². The first-order valence-electron chi connectivity index (χ1n) is 5.05. The number of ether oxygens (including phenoxy) is 2. The van der Waals surface area contributed by atoms with Crippen molar-refractivity contribution in [2.24, 2.45) is 7.05 Å². The number of hydrogen-bond donors (Lipinski definition) is 0. The van der Waals surface area contributed by atoms with Crippen LogP contribution in [-0.2, 0) is 26.1 Å². The lowest BCUT2D eigenvalue weighted by Crippen LogP contribution is -2.41. The minimum atomic E-state index is -1.21. The van der Waals surface area contributed by atoms with Gasteiger partial charge in [0.25, 0.3) is 5.79 Å². The van der Waals surface area contributed by atoms with Crippen molar-refractivity contribution < 1.29 is 19.1 Å². The molecular weight excluding hydrogens is 224 g/mol. The SMILES string of the molecule is Cn1nccc1C=C1C(=O)OC(C)(C)OC1=O. The van der Waals surface area contributed by atoms with Crippen LogP contribution in [0.3, 0.4) is 0 Å². The normalized spacial score (nSPS) is 18.6. The molecule has 17 heavy (non-hydrogen) atoms. The smallest absolute Gasteiger partial charge is 0.348 e. The van der Waals surface area contributed by atoms with Crippen molar-refractivity contribution in [3.05, 3.63) is 23.5 Å². The second kappa shape index (κ2) is 3.73. The predicted molar refractivity (Wildman–Crippen MR) is 57.4 cm³/mol. The summed E-state index contributed by atoms with van der Waals surface area (Å²) in [5.41, 5.74) is 0.488. The van der Waals surface area contributed by atoms with E-state index in [-0.39, 0.29) is 5.57 Å². The van der Waals surface area contributed by atoms with Crippen molar-refractivity contribution in [2.75, 3.05) is 0 Å². The number of carbonyl (C=O) groups excluding carboxylic acids is 2. The summed E-state index contributed by atoms with van der Waals surface area (Å²) in [6.45, 7) is 3.01. The number of carbonyl (C=O) groups is 2. The summed E-state index contributed by atoms with van der Waals surface area (Å²) in [4.78, 5) is 23.3. The Kier molecular flexibility index (Phi) is 2.49. The molecule has 0 N–H and O–H groups in total. The molecule has 2 heterocycles. The average Bonchev–Trinajstić information content (AvgIpc) is 2.56. The molecule has 0 saturated carbocycles. The third kappa shape index (κ3) is 2.20. The first-order valence-corrected chi connectivity index (χ1v) is 5.05. The quantitative estimate of drug-likeness (QED) is 0.406. The molecule has 6 heteroatoms. The Hall–Kier alpha value is -2.11. The van der Waals surface area contributed by atoms with Gasteiger partial charge in [-0.05, 0) is 12.1 Å². The van der Waals surface area contributed by atoms with Crippen LogP contribution < -0.4 is 0 Å². The zero-order valence-corrected chi connectivity index (χ0v) is 9.76. The molecule has 6 nitrogen and oxygen atoms in total. The fourth-order valence-corrected chi connectivity index (χ4v) is 1.45. The summed E-state index contributed by atoms with van der Waals surface area (Å²) in [5.74, 6) is -2.59. The summed E-state index contributed by atoms with van der Waals surface area (Å²) in [5, 5.41) is 3.93. The van der Waals surface area contributed by atoms with Crippen LogP contribution in [0.1, 0.15) is 19.5 Å². The Morgan fingerprint density at radius 3 is 2.35 bits per heavy atom. The maximum atomic E-state index is 11.6. The van der Waals surface area contributed by atoms with Gasteiger partial charge in [-0.25, -0.2) is 9.59 Å². The van der Waals surface area contributed by atoms with Crippen LogP contribution in [-0.4, -0.2) is 27.5 Å². The van der Waals surface area contributed by atoms with E-state index in [2.05, 4.69) is 5.10 Å². The summed E-state index contributed by atoms with van der Waals surface area (Å²) < 4.78 is 11.5. The highest BCUT2D eigenvalue weighted by Crippen LogP contribution is 2.23. The average molecular weight is 236 g/mol. The molecule has 0 unspecified atom stereocenters. The number of nitrogens with zero attached hydrogens (tertiary/aromatic N) is 2. The van der Waals surface area contributed by atoms with Crippen molar-refractivity contribution in [1.29, 1.82) is 0 Å². The molecule has 0 amide bonds. The Bertz CT molecular complexity index is 491. The monoisotopic (exact) mass is 236 g/mol. The van der Waals surface area contributed by atoms with Crippen LogP contribution in [0.2, 0.25) is 0 Å². The van der Waals surface area contributed by atoms with Crippen molar-refractivity contribution >= 4 is 18.0 Å². The van der Waals surface area contributed by atoms with Gasteiger partial charge in [0.15, 0.2) is 0 Å². The highest BCUT2D eigenvalue weighted by molar-refractivity contribution is 6.18. The number of hydrogen-bond acceptors (Lipinski definition) is 5. The molecule has 1 aliphatic heterocycles. The van der Waals surface area contributed by atoms with E-state index in [1.807, 2.05) is 0 Å². The van der Waals surface area contributed by atoms with Gasteiger partial charge in [-0.2, -0.15) is 5.10 Å². The Morgan fingerprint density at radius 1 is 1.29 bits per heavy atom. The van der Waals surface area contributed by atoms with Crippen molar-refractivity contribution in [3.8, 4) is 0 Å². The Morgan fingerprint density at radius 2 is 1.88 bits per heavy atom. The van der Waals surface area contributed by atoms with Gasteiger partial charge < -0.3 is 9.47 Å². The topological polar surface area (TPSA) is 70.4 Å². The van der Waals surface area contributed by atoms with Gasteiger partial charge in [0.2, 0.25) is 0 Å². The largest absolute Gasteiger partial charge is 0.419 e. The second-order valence-electron chi connectivity index (χ2n) is 4.12. The van der Waals surface area contributed by atoms with Crippen LogP contribution in [0.4, 0.5) is 0 Å². The van der Waals surface area contributed by atoms with Crippen molar-refractivity contribution in [3.63, 3.8) is 0 Å². The molecule has 90 valence electrons. The Balaban J connectivity index is 2.34. The standard InChI is InChI=1S/C11H12N2O4/c1-11(2)16-9(14)8(10(15)17-11)6-7-4-5-12-13(7)3/h4-6H,1-3H3. The number of rotatable bonds is 1.